The van der Waals surface area contributed by atoms with Crippen molar-refractivity contribution < 1.29 is 14.2 Å². The Balaban J connectivity index is 1.49. The van der Waals surface area contributed by atoms with Crippen LogP contribution in [0.3, 0.4) is 0 Å². The summed E-state index contributed by atoms with van der Waals surface area (Å²) in [5.74, 6) is 3.79. The van der Waals surface area contributed by atoms with Crippen LogP contribution in [-0.2, 0) is 0 Å². The standard InChI is InChI=1S/C30H13BN4O3/c32-10-16-4-6-18(7-5-16)20-9-21(19-3-1-2-17(8-19)11-33)30-28-29(20)37-24-14-34-12-22-26(24)31(28)27-23(36-22)13-35-15-25(27)38-30/h1-9,12-15H. The van der Waals surface area contributed by atoms with Crippen LogP contribution < -0.4 is 30.6 Å². The van der Waals surface area contributed by atoms with Crippen LogP contribution in [0.4, 0.5) is 0 Å². The molecule has 0 aliphatic carbocycles. The van der Waals surface area contributed by atoms with E-state index in [1.165, 1.54) is 0 Å². The highest BCUT2D eigenvalue weighted by Gasteiger charge is 2.48. The van der Waals surface area contributed by atoms with E-state index in [-0.39, 0.29) is 6.71 Å². The topological polar surface area (TPSA) is 101 Å². The third-order valence-corrected chi connectivity index (χ3v) is 7.23. The van der Waals surface area contributed by atoms with Gasteiger partial charge < -0.3 is 14.2 Å². The molecule has 0 atom stereocenters. The summed E-state index contributed by atoms with van der Waals surface area (Å²) in [6.07, 6.45) is 6.80. The van der Waals surface area contributed by atoms with Crippen molar-refractivity contribution in [3.05, 3.63) is 90.5 Å². The Labute approximate surface area is 217 Å². The van der Waals surface area contributed by atoms with Gasteiger partial charge in [0.25, 0.3) is 6.71 Å². The van der Waals surface area contributed by atoms with Gasteiger partial charge in [-0.3, -0.25) is 9.97 Å². The molecule has 0 amide bonds. The molecule has 8 rings (SSSR count). The van der Waals surface area contributed by atoms with Gasteiger partial charge in [-0.2, -0.15) is 10.5 Å². The molecule has 38 heavy (non-hydrogen) atoms. The molecule has 0 bridgehead atoms. The molecule has 0 radical (unpaired) electrons. The first-order valence-corrected chi connectivity index (χ1v) is 11.9. The predicted molar refractivity (Wildman–Crippen MR) is 140 cm³/mol. The number of hydrogen-bond acceptors (Lipinski definition) is 7. The molecule has 5 heterocycles. The van der Waals surface area contributed by atoms with Crippen LogP contribution in [0.5, 0.6) is 34.5 Å². The van der Waals surface area contributed by atoms with Crippen molar-refractivity contribution in [3.63, 3.8) is 0 Å². The van der Waals surface area contributed by atoms with Crippen LogP contribution in [0.1, 0.15) is 11.1 Å². The number of pyridine rings is 2. The maximum atomic E-state index is 9.58. The summed E-state index contributed by atoms with van der Waals surface area (Å²) < 4.78 is 19.3. The lowest BCUT2D eigenvalue weighted by molar-refractivity contribution is 0.439. The van der Waals surface area contributed by atoms with Gasteiger partial charge in [0.1, 0.15) is 34.5 Å². The van der Waals surface area contributed by atoms with E-state index >= 15 is 0 Å². The van der Waals surface area contributed by atoms with E-state index < -0.39 is 0 Å². The molecule has 0 N–H and O–H groups in total. The van der Waals surface area contributed by atoms with Gasteiger partial charge in [0, 0.05) is 27.5 Å². The van der Waals surface area contributed by atoms with Gasteiger partial charge in [0.05, 0.1) is 48.1 Å². The second-order valence-corrected chi connectivity index (χ2v) is 9.26. The lowest BCUT2D eigenvalue weighted by atomic mass is 9.34. The molecule has 0 fully saturated rings. The maximum Gasteiger partial charge on any atom is 0.270 e. The van der Waals surface area contributed by atoms with Crippen molar-refractivity contribution in [1.82, 2.24) is 9.97 Å². The van der Waals surface area contributed by atoms with E-state index in [1.807, 2.05) is 36.4 Å². The second kappa shape index (κ2) is 7.46. The van der Waals surface area contributed by atoms with Crippen molar-refractivity contribution in [2.24, 2.45) is 0 Å². The fraction of sp³-hybridized carbons (Fsp3) is 0. The molecule has 0 saturated carbocycles. The van der Waals surface area contributed by atoms with E-state index in [0.29, 0.717) is 45.6 Å². The van der Waals surface area contributed by atoms with Crippen molar-refractivity contribution >= 4 is 23.1 Å². The van der Waals surface area contributed by atoms with Gasteiger partial charge in [-0.25, -0.2) is 0 Å². The van der Waals surface area contributed by atoms with Crippen LogP contribution in [0, 0.1) is 22.7 Å². The highest BCUT2D eigenvalue weighted by atomic mass is 16.5. The Morgan fingerprint density at radius 2 is 1.16 bits per heavy atom. The Bertz CT molecular complexity index is 1920. The average molecular weight is 488 g/mol. The maximum absolute atomic E-state index is 9.58. The quantitative estimate of drug-likeness (QED) is 0.333. The molecule has 7 nitrogen and oxygen atoms in total. The molecular formula is C30H13BN4O3. The summed E-state index contributed by atoms with van der Waals surface area (Å²) in [6.45, 7) is -0.214. The molecule has 3 aliphatic heterocycles. The van der Waals surface area contributed by atoms with Crippen molar-refractivity contribution in [1.29, 1.82) is 10.5 Å². The molecule has 3 aromatic carbocycles. The summed E-state index contributed by atoms with van der Waals surface area (Å²) in [5, 5.41) is 18.9. The van der Waals surface area contributed by atoms with E-state index in [0.717, 1.165) is 38.6 Å². The van der Waals surface area contributed by atoms with Gasteiger partial charge in [-0.1, -0.05) is 24.3 Å². The highest BCUT2D eigenvalue weighted by Crippen LogP contribution is 2.48. The lowest BCUT2D eigenvalue weighted by Gasteiger charge is -2.38. The SMILES string of the molecule is N#Cc1ccc(-c2cc(-c3cccc(C#N)c3)c3c4c2Oc2cncc5c2B4c2c(cncc2O3)O5)cc1. The minimum Gasteiger partial charge on any atom is -0.456 e. The monoisotopic (exact) mass is 488 g/mol. The number of benzene rings is 3. The highest BCUT2D eigenvalue weighted by molar-refractivity contribution is 6.99. The van der Waals surface area contributed by atoms with E-state index in [2.05, 4.69) is 22.1 Å². The Morgan fingerprint density at radius 1 is 0.579 bits per heavy atom. The number of nitriles is 2. The smallest absolute Gasteiger partial charge is 0.270 e. The minimum absolute atomic E-state index is 0.214. The first-order valence-electron chi connectivity index (χ1n) is 11.9. The molecular weight excluding hydrogens is 475 g/mol. The summed E-state index contributed by atoms with van der Waals surface area (Å²) in [4.78, 5) is 8.72. The molecule has 0 spiro atoms. The summed E-state index contributed by atoms with van der Waals surface area (Å²) in [5.41, 5.74) is 7.19. The fourth-order valence-electron chi connectivity index (χ4n) is 5.59. The molecule has 174 valence electrons. The van der Waals surface area contributed by atoms with E-state index in [9.17, 15) is 10.5 Å². The number of aromatic nitrogens is 2. The summed E-state index contributed by atoms with van der Waals surface area (Å²) in [7, 11) is 0. The Morgan fingerprint density at radius 3 is 1.76 bits per heavy atom. The van der Waals surface area contributed by atoms with Gasteiger partial charge >= 0.3 is 0 Å². The fourth-order valence-corrected chi connectivity index (χ4v) is 5.59. The number of ether oxygens (including phenoxy) is 3. The zero-order valence-corrected chi connectivity index (χ0v) is 19.6. The normalized spacial score (nSPS) is 12.7. The summed E-state index contributed by atoms with van der Waals surface area (Å²) in [6, 6.07) is 21.3. The van der Waals surface area contributed by atoms with Crippen LogP contribution >= 0.6 is 0 Å². The van der Waals surface area contributed by atoms with Crippen molar-refractivity contribution in [2.75, 3.05) is 0 Å². The van der Waals surface area contributed by atoms with Gasteiger partial charge in [0.2, 0.25) is 0 Å². The molecule has 0 unspecified atom stereocenters. The van der Waals surface area contributed by atoms with Crippen LogP contribution in [0.15, 0.2) is 79.4 Å². The molecule has 3 aliphatic rings. The van der Waals surface area contributed by atoms with Gasteiger partial charge in [-0.15, -0.1) is 0 Å². The van der Waals surface area contributed by atoms with E-state index in [1.54, 1.807) is 43.0 Å². The van der Waals surface area contributed by atoms with E-state index in [4.69, 9.17) is 14.2 Å². The summed E-state index contributed by atoms with van der Waals surface area (Å²) >= 11 is 0. The van der Waals surface area contributed by atoms with Gasteiger partial charge in [-0.05, 0) is 41.5 Å². The predicted octanol–water partition coefficient (Wildman–Crippen LogP) is 4.39. The second-order valence-electron chi connectivity index (χ2n) is 9.26. The number of rotatable bonds is 2. The molecule has 2 aromatic heterocycles. The van der Waals surface area contributed by atoms with Crippen molar-refractivity contribution in [2.45, 2.75) is 0 Å². The largest absolute Gasteiger partial charge is 0.456 e. The molecule has 8 heteroatoms. The zero-order chi connectivity index (χ0) is 25.4. The third-order valence-electron chi connectivity index (χ3n) is 7.23. The van der Waals surface area contributed by atoms with Gasteiger partial charge in [0.15, 0.2) is 0 Å². The Kier molecular flexibility index (Phi) is 4.04. The van der Waals surface area contributed by atoms with Crippen LogP contribution in [0.2, 0.25) is 0 Å². The molecule has 5 aromatic rings. The van der Waals surface area contributed by atoms with Crippen LogP contribution in [-0.4, -0.2) is 16.7 Å². The zero-order valence-electron chi connectivity index (χ0n) is 19.6. The Hall–Kier alpha value is -5.60. The van der Waals surface area contributed by atoms with Crippen molar-refractivity contribution in [3.8, 4) is 68.9 Å². The minimum atomic E-state index is -0.214. The number of hydrogen-bond donors (Lipinski definition) is 0. The third kappa shape index (κ3) is 2.71. The van der Waals surface area contributed by atoms with Crippen LogP contribution in [0.25, 0.3) is 22.3 Å². The first-order chi connectivity index (χ1) is 18.7. The lowest BCUT2D eigenvalue weighted by Crippen LogP contribution is -2.60. The average Bonchev–Trinajstić information content (AvgIpc) is 2.97. The first kappa shape index (κ1) is 20.6. The molecule has 0 saturated heterocycles. The number of nitrogens with zero attached hydrogens (tertiary/aromatic N) is 4.